The van der Waals surface area contributed by atoms with Gasteiger partial charge in [-0.15, -0.1) is 0 Å². The minimum absolute atomic E-state index is 0.122. The number of nitrogens with two attached hydrogens (primary N) is 1. The Bertz CT molecular complexity index is 355. The predicted octanol–water partition coefficient (Wildman–Crippen LogP) is 0.357. The van der Waals surface area contributed by atoms with Crippen molar-refractivity contribution in [3.05, 3.63) is 0 Å². The molecule has 1 aliphatic heterocycles. The summed E-state index contributed by atoms with van der Waals surface area (Å²) in [6.45, 7) is 6.14. The van der Waals surface area contributed by atoms with E-state index in [-0.39, 0.29) is 25.1 Å². The average molecular weight is 272 g/mol. The minimum Gasteiger partial charge on any atom is -0.481 e. The Morgan fingerprint density at radius 2 is 2.05 bits per heavy atom. The quantitative estimate of drug-likeness (QED) is 0.648. The maximum atomic E-state index is 12.2. The fourth-order valence-electron chi connectivity index (χ4n) is 2.25. The molecule has 6 nitrogen and oxygen atoms in total. The van der Waals surface area contributed by atoms with E-state index in [1.54, 1.807) is 6.92 Å². The van der Waals surface area contributed by atoms with Crippen LogP contribution < -0.4 is 11.1 Å². The summed E-state index contributed by atoms with van der Waals surface area (Å²) in [7, 11) is 0. The Kier molecular flexibility index (Phi) is 4.92. The highest BCUT2D eigenvalue weighted by Crippen LogP contribution is 2.29. The second-order valence-corrected chi connectivity index (χ2v) is 5.51. The van der Waals surface area contributed by atoms with Gasteiger partial charge < -0.3 is 20.9 Å². The molecule has 1 saturated heterocycles. The van der Waals surface area contributed by atoms with E-state index in [1.165, 1.54) is 0 Å². The van der Waals surface area contributed by atoms with Crippen LogP contribution in [-0.4, -0.2) is 42.8 Å². The monoisotopic (exact) mass is 272 g/mol. The molecule has 0 radical (unpaired) electrons. The Hall–Kier alpha value is -1.14. The zero-order valence-corrected chi connectivity index (χ0v) is 11.9. The van der Waals surface area contributed by atoms with Crippen LogP contribution in [0.5, 0.6) is 0 Å². The number of amides is 1. The molecule has 2 atom stereocenters. The molecule has 19 heavy (non-hydrogen) atoms. The number of carbonyl (C=O) groups excluding carboxylic acids is 1. The Balaban J connectivity index is 2.70. The highest BCUT2D eigenvalue weighted by atomic mass is 16.5. The first kappa shape index (κ1) is 15.9. The van der Waals surface area contributed by atoms with E-state index < -0.39 is 16.8 Å². The van der Waals surface area contributed by atoms with Crippen molar-refractivity contribution < 1.29 is 19.4 Å². The summed E-state index contributed by atoms with van der Waals surface area (Å²) in [4.78, 5) is 23.6. The SMILES string of the molecule is CCC(CC)(CNC(=O)C1(C)COCC1N)C(=O)O. The van der Waals surface area contributed by atoms with Crippen molar-refractivity contribution in [2.75, 3.05) is 19.8 Å². The largest absolute Gasteiger partial charge is 0.481 e. The molecule has 1 amide bonds. The molecule has 0 saturated carbocycles. The maximum Gasteiger partial charge on any atom is 0.311 e. The van der Waals surface area contributed by atoms with Crippen LogP contribution in [0.3, 0.4) is 0 Å². The molecule has 0 aromatic rings. The number of carboxylic acid groups (broad SMARTS) is 1. The lowest BCUT2D eigenvalue weighted by Crippen LogP contribution is -2.53. The van der Waals surface area contributed by atoms with E-state index in [4.69, 9.17) is 10.5 Å². The van der Waals surface area contributed by atoms with Crippen molar-refractivity contribution in [2.45, 2.75) is 39.7 Å². The number of carbonyl (C=O) groups is 2. The van der Waals surface area contributed by atoms with Crippen molar-refractivity contribution in [3.8, 4) is 0 Å². The van der Waals surface area contributed by atoms with Gasteiger partial charge in [0.15, 0.2) is 0 Å². The zero-order chi connectivity index (χ0) is 14.7. The van der Waals surface area contributed by atoms with Gasteiger partial charge in [0.05, 0.1) is 24.0 Å². The van der Waals surface area contributed by atoms with Gasteiger partial charge in [-0.05, 0) is 19.8 Å². The van der Waals surface area contributed by atoms with Gasteiger partial charge in [0, 0.05) is 12.6 Å². The van der Waals surface area contributed by atoms with Gasteiger partial charge in [-0.25, -0.2) is 0 Å². The minimum atomic E-state index is -0.907. The lowest BCUT2D eigenvalue weighted by Gasteiger charge is -2.30. The van der Waals surface area contributed by atoms with Crippen LogP contribution in [-0.2, 0) is 14.3 Å². The van der Waals surface area contributed by atoms with Gasteiger partial charge >= 0.3 is 5.97 Å². The molecule has 1 heterocycles. The number of aliphatic carboxylic acids is 1. The standard InChI is InChI=1S/C13H24N2O4/c1-4-13(5-2,11(17)18)7-15-10(16)12(3)8-19-6-9(12)14/h9H,4-8,14H2,1-3H3,(H,15,16)(H,17,18). The molecule has 1 rings (SSSR count). The third kappa shape index (κ3) is 2.90. The smallest absolute Gasteiger partial charge is 0.311 e. The molecule has 0 aromatic carbocycles. The number of ether oxygens (including phenoxy) is 1. The van der Waals surface area contributed by atoms with E-state index in [1.807, 2.05) is 13.8 Å². The topological polar surface area (TPSA) is 102 Å². The lowest BCUT2D eigenvalue weighted by molar-refractivity contribution is -0.149. The number of nitrogens with one attached hydrogen (secondary N) is 1. The molecule has 110 valence electrons. The van der Waals surface area contributed by atoms with E-state index >= 15 is 0 Å². The zero-order valence-electron chi connectivity index (χ0n) is 11.9. The van der Waals surface area contributed by atoms with Crippen molar-refractivity contribution in [2.24, 2.45) is 16.6 Å². The van der Waals surface area contributed by atoms with Gasteiger partial charge in [-0.3, -0.25) is 9.59 Å². The Morgan fingerprint density at radius 3 is 2.42 bits per heavy atom. The van der Waals surface area contributed by atoms with Crippen molar-refractivity contribution in [1.29, 1.82) is 0 Å². The third-order valence-corrected chi connectivity index (χ3v) is 4.43. The van der Waals surface area contributed by atoms with E-state index in [9.17, 15) is 14.7 Å². The van der Waals surface area contributed by atoms with E-state index in [0.29, 0.717) is 19.4 Å². The normalized spacial score (nSPS) is 27.3. The highest BCUT2D eigenvalue weighted by molar-refractivity contribution is 5.84. The fraction of sp³-hybridized carbons (Fsp3) is 0.846. The number of carboxylic acids is 1. The van der Waals surface area contributed by atoms with Crippen molar-refractivity contribution >= 4 is 11.9 Å². The van der Waals surface area contributed by atoms with Crippen molar-refractivity contribution in [1.82, 2.24) is 5.32 Å². The van der Waals surface area contributed by atoms with Crippen LogP contribution in [0.2, 0.25) is 0 Å². The summed E-state index contributed by atoms with van der Waals surface area (Å²) >= 11 is 0. The molecule has 1 aliphatic rings. The van der Waals surface area contributed by atoms with Crippen molar-refractivity contribution in [3.63, 3.8) is 0 Å². The summed E-state index contributed by atoms with van der Waals surface area (Å²) in [6, 6.07) is -0.352. The second-order valence-electron chi connectivity index (χ2n) is 5.51. The van der Waals surface area contributed by atoms with Crippen LogP contribution in [0, 0.1) is 10.8 Å². The fourth-order valence-corrected chi connectivity index (χ4v) is 2.25. The van der Waals surface area contributed by atoms with Crippen LogP contribution in [0.1, 0.15) is 33.6 Å². The van der Waals surface area contributed by atoms with E-state index in [0.717, 1.165) is 0 Å². The molecular formula is C13H24N2O4. The maximum absolute atomic E-state index is 12.2. The van der Waals surface area contributed by atoms with E-state index in [2.05, 4.69) is 5.32 Å². The molecule has 6 heteroatoms. The van der Waals surface area contributed by atoms with Crippen LogP contribution in [0.4, 0.5) is 0 Å². The van der Waals surface area contributed by atoms with Gasteiger partial charge in [-0.2, -0.15) is 0 Å². The third-order valence-electron chi connectivity index (χ3n) is 4.43. The van der Waals surface area contributed by atoms with Gasteiger partial charge in [0.1, 0.15) is 0 Å². The molecule has 0 spiro atoms. The molecule has 2 unspecified atom stereocenters. The Labute approximate surface area is 113 Å². The van der Waals surface area contributed by atoms with Crippen LogP contribution >= 0.6 is 0 Å². The summed E-state index contributed by atoms with van der Waals surface area (Å²) < 4.78 is 5.22. The highest BCUT2D eigenvalue weighted by Gasteiger charge is 2.45. The molecular weight excluding hydrogens is 248 g/mol. The molecule has 0 aromatic heterocycles. The van der Waals surface area contributed by atoms with Crippen LogP contribution in [0.15, 0.2) is 0 Å². The number of hydrogen-bond donors (Lipinski definition) is 3. The van der Waals surface area contributed by atoms with Gasteiger partial charge in [0.25, 0.3) is 0 Å². The first-order valence-corrected chi connectivity index (χ1v) is 6.67. The average Bonchev–Trinajstić information content (AvgIpc) is 2.72. The summed E-state index contributed by atoms with van der Waals surface area (Å²) in [6.07, 6.45) is 0.941. The number of rotatable bonds is 6. The Morgan fingerprint density at radius 1 is 1.47 bits per heavy atom. The molecule has 4 N–H and O–H groups in total. The first-order chi connectivity index (χ1) is 8.82. The summed E-state index contributed by atoms with van der Waals surface area (Å²) in [5.41, 5.74) is 4.20. The summed E-state index contributed by atoms with van der Waals surface area (Å²) in [5.74, 6) is -1.11. The second kappa shape index (κ2) is 5.88. The lowest BCUT2D eigenvalue weighted by atomic mass is 9.81. The summed E-state index contributed by atoms with van der Waals surface area (Å²) in [5, 5.41) is 12.1. The van der Waals surface area contributed by atoms with Crippen LogP contribution in [0.25, 0.3) is 0 Å². The predicted molar refractivity (Wildman–Crippen MR) is 70.6 cm³/mol. The van der Waals surface area contributed by atoms with Gasteiger partial charge in [0.2, 0.25) is 5.91 Å². The molecule has 0 aliphatic carbocycles. The molecule has 0 bridgehead atoms. The number of hydrogen-bond acceptors (Lipinski definition) is 4. The van der Waals surface area contributed by atoms with Gasteiger partial charge in [-0.1, -0.05) is 13.8 Å². The first-order valence-electron chi connectivity index (χ1n) is 6.67. The molecule has 1 fully saturated rings.